The first-order chi connectivity index (χ1) is 8.28. The first-order valence-electron chi connectivity index (χ1n) is 5.30. The van der Waals surface area contributed by atoms with Gasteiger partial charge in [0.1, 0.15) is 5.92 Å². The molecule has 0 aromatic carbocycles. The highest BCUT2D eigenvalue weighted by Gasteiger charge is 2.32. The molecule has 0 radical (unpaired) electrons. The van der Waals surface area contributed by atoms with Gasteiger partial charge >= 0.3 is 0 Å². The second kappa shape index (κ2) is 7.34. The van der Waals surface area contributed by atoms with Crippen LogP contribution >= 0.6 is 0 Å². The second-order valence-corrected chi connectivity index (χ2v) is 3.46. The minimum absolute atomic E-state index is 0.249. The van der Waals surface area contributed by atoms with Gasteiger partial charge in [-0.3, -0.25) is 4.98 Å². The number of methoxy groups -OCH3 is 4. The van der Waals surface area contributed by atoms with E-state index in [9.17, 15) is 0 Å². The van der Waals surface area contributed by atoms with Crippen molar-refractivity contribution < 1.29 is 18.9 Å². The lowest BCUT2D eigenvalue weighted by molar-refractivity contribution is -0.197. The molecular formula is C12H19NO4. The molecule has 0 amide bonds. The van der Waals surface area contributed by atoms with Crippen molar-refractivity contribution in [1.29, 1.82) is 0 Å². The average Bonchev–Trinajstić information content (AvgIpc) is 2.40. The molecule has 0 atom stereocenters. The molecule has 0 aliphatic rings. The number of pyridine rings is 1. The van der Waals surface area contributed by atoms with Crippen LogP contribution in [0.5, 0.6) is 0 Å². The van der Waals surface area contributed by atoms with Crippen molar-refractivity contribution in [2.75, 3.05) is 28.4 Å². The summed E-state index contributed by atoms with van der Waals surface area (Å²) in [5.41, 5.74) is 0.801. The topological polar surface area (TPSA) is 49.8 Å². The minimum Gasteiger partial charge on any atom is -0.355 e. The van der Waals surface area contributed by atoms with Gasteiger partial charge in [-0.25, -0.2) is 0 Å². The molecule has 96 valence electrons. The first kappa shape index (κ1) is 14.1. The summed E-state index contributed by atoms with van der Waals surface area (Å²) in [4.78, 5) is 4.29. The Bertz CT molecular complexity index is 287. The van der Waals surface area contributed by atoms with E-state index in [4.69, 9.17) is 18.9 Å². The fourth-order valence-corrected chi connectivity index (χ4v) is 1.76. The zero-order valence-corrected chi connectivity index (χ0v) is 10.6. The van der Waals surface area contributed by atoms with Gasteiger partial charge in [-0.1, -0.05) is 6.07 Å². The Hall–Kier alpha value is -1.01. The number of aromatic nitrogens is 1. The van der Waals surface area contributed by atoms with Crippen molar-refractivity contribution in [3.63, 3.8) is 0 Å². The van der Waals surface area contributed by atoms with E-state index in [2.05, 4.69) is 4.98 Å². The third-order valence-electron chi connectivity index (χ3n) is 2.54. The van der Waals surface area contributed by atoms with Crippen molar-refractivity contribution in [2.24, 2.45) is 0 Å². The average molecular weight is 241 g/mol. The molecule has 0 aliphatic carbocycles. The van der Waals surface area contributed by atoms with Crippen molar-refractivity contribution in [3.05, 3.63) is 30.1 Å². The number of hydrogen-bond acceptors (Lipinski definition) is 5. The summed E-state index contributed by atoms with van der Waals surface area (Å²) in [6.45, 7) is 0. The molecule has 0 saturated heterocycles. The summed E-state index contributed by atoms with van der Waals surface area (Å²) in [6, 6.07) is 5.64. The highest BCUT2D eigenvalue weighted by atomic mass is 16.7. The van der Waals surface area contributed by atoms with Gasteiger partial charge in [0.15, 0.2) is 12.6 Å². The van der Waals surface area contributed by atoms with Crippen LogP contribution in [0.3, 0.4) is 0 Å². The van der Waals surface area contributed by atoms with Crippen LogP contribution < -0.4 is 0 Å². The summed E-state index contributed by atoms with van der Waals surface area (Å²) in [5, 5.41) is 0. The van der Waals surface area contributed by atoms with Crippen LogP contribution in [-0.2, 0) is 18.9 Å². The second-order valence-electron chi connectivity index (χ2n) is 3.46. The predicted octanol–water partition coefficient (Wildman–Crippen LogP) is 1.40. The lowest BCUT2D eigenvalue weighted by atomic mass is 10.0. The largest absolute Gasteiger partial charge is 0.355 e. The Labute approximate surface area is 102 Å². The summed E-state index contributed by atoms with van der Waals surface area (Å²) in [5.74, 6) is -0.249. The number of rotatable bonds is 7. The van der Waals surface area contributed by atoms with Crippen LogP contribution in [0.25, 0.3) is 0 Å². The van der Waals surface area contributed by atoms with Crippen LogP contribution in [0.4, 0.5) is 0 Å². The number of nitrogens with zero attached hydrogens (tertiary/aromatic N) is 1. The van der Waals surface area contributed by atoms with Crippen LogP contribution in [-0.4, -0.2) is 46.0 Å². The quantitative estimate of drug-likeness (QED) is 0.675. The van der Waals surface area contributed by atoms with E-state index in [0.29, 0.717) is 0 Å². The maximum atomic E-state index is 5.28. The van der Waals surface area contributed by atoms with E-state index >= 15 is 0 Å². The van der Waals surface area contributed by atoms with Crippen LogP contribution in [0, 0.1) is 0 Å². The fourth-order valence-electron chi connectivity index (χ4n) is 1.76. The molecule has 5 nitrogen and oxygen atoms in total. The normalized spacial score (nSPS) is 11.7. The zero-order valence-electron chi connectivity index (χ0n) is 10.6. The highest BCUT2D eigenvalue weighted by molar-refractivity contribution is 5.11. The molecule has 0 saturated carbocycles. The molecule has 5 heteroatoms. The monoisotopic (exact) mass is 241 g/mol. The van der Waals surface area contributed by atoms with Crippen molar-refractivity contribution >= 4 is 0 Å². The summed E-state index contributed by atoms with van der Waals surface area (Å²) < 4.78 is 21.1. The molecule has 1 heterocycles. The fraction of sp³-hybridized carbons (Fsp3) is 0.583. The Morgan fingerprint density at radius 1 is 0.882 bits per heavy atom. The molecule has 1 aromatic heterocycles. The lowest BCUT2D eigenvalue weighted by Crippen LogP contribution is -2.35. The smallest absolute Gasteiger partial charge is 0.170 e. The van der Waals surface area contributed by atoms with Crippen LogP contribution in [0.1, 0.15) is 11.6 Å². The Balaban J connectivity index is 3.01. The van der Waals surface area contributed by atoms with E-state index in [1.807, 2.05) is 18.2 Å². The highest BCUT2D eigenvalue weighted by Crippen LogP contribution is 2.26. The number of ether oxygens (including phenoxy) is 4. The number of hydrogen-bond donors (Lipinski definition) is 0. The van der Waals surface area contributed by atoms with E-state index < -0.39 is 12.6 Å². The third-order valence-corrected chi connectivity index (χ3v) is 2.54. The van der Waals surface area contributed by atoms with Crippen molar-refractivity contribution in [3.8, 4) is 0 Å². The Morgan fingerprint density at radius 2 is 1.41 bits per heavy atom. The zero-order chi connectivity index (χ0) is 12.7. The standard InChI is InChI=1S/C12H19NO4/c1-14-11(15-2)10(12(16-3)17-4)9-7-5-6-8-13-9/h5-8,10-12H,1-4H3. The van der Waals surface area contributed by atoms with E-state index in [0.717, 1.165) is 5.69 Å². The Morgan fingerprint density at radius 3 is 1.76 bits per heavy atom. The van der Waals surface area contributed by atoms with Crippen LogP contribution in [0.2, 0.25) is 0 Å². The van der Waals surface area contributed by atoms with Gasteiger partial charge in [0.2, 0.25) is 0 Å². The summed E-state index contributed by atoms with van der Waals surface area (Å²) >= 11 is 0. The SMILES string of the molecule is COC(OC)C(c1ccccn1)C(OC)OC. The molecule has 1 aromatic rings. The van der Waals surface area contributed by atoms with Gasteiger partial charge in [-0.05, 0) is 12.1 Å². The molecule has 0 fully saturated rings. The van der Waals surface area contributed by atoms with Gasteiger partial charge < -0.3 is 18.9 Å². The van der Waals surface area contributed by atoms with Gasteiger partial charge in [0.25, 0.3) is 0 Å². The van der Waals surface area contributed by atoms with E-state index in [-0.39, 0.29) is 5.92 Å². The first-order valence-corrected chi connectivity index (χ1v) is 5.30. The van der Waals surface area contributed by atoms with E-state index in [1.165, 1.54) is 0 Å². The molecule has 17 heavy (non-hydrogen) atoms. The molecule has 0 bridgehead atoms. The summed E-state index contributed by atoms with van der Waals surface area (Å²) in [7, 11) is 6.30. The lowest BCUT2D eigenvalue weighted by Gasteiger charge is -2.29. The molecule has 0 unspecified atom stereocenters. The van der Waals surface area contributed by atoms with Crippen molar-refractivity contribution in [1.82, 2.24) is 4.98 Å². The van der Waals surface area contributed by atoms with Gasteiger partial charge in [0.05, 0.1) is 5.69 Å². The third kappa shape index (κ3) is 3.47. The summed E-state index contributed by atoms with van der Waals surface area (Å²) in [6.07, 6.45) is 0.761. The molecule has 0 N–H and O–H groups in total. The maximum Gasteiger partial charge on any atom is 0.170 e. The predicted molar refractivity (Wildman–Crippen MR) is 62.6 cm³/mol. The molecule has 0 spiro atoms. The molecule has 1 rings (SSSR count). The van der Waals surface area contributed by atoms with Gasteiger partial charge in [-0.15, -0.1) is 0 Å². The van der Waals surface area contributed by atoms with Crippen LogP contribution in [0.15, 0.2) is 24.4 Å². The van der Waals surface area contributed by atoms with Gasteiger partial charge in [0, 0.05) is 34.6 Å². The molecule has 0 aliphatic heterocycles. The van der Waals surface area contributed by atoms with Crippen molar-refractivity contribution in [2.45, 2.75) is 18.5 Å². The minimum atomic E-state index is -0.477. The maximum absolute atomic E-state index is 5.28. The molecular weight excluding hydrogens is 222 g/mol. The van der Waals surface area contributed by atoms with Gasteiger partial charge in [-0.2, -0.15) is 0 Å². The van der Waals surface area contributed by atoms with E-state index in [1.54, 1.807) is 34.6 Å². The Kier molecular flexibility index (Phi) is 6.07.